The smallest absolute Gasteiger partial charge is 0.417 e. The number of rotatable bonds is 5. The van der Waals surface area contributed by atoms with Crippen LogP contribution in [0.3, 0.4) is 0 Å². The number of carbonyl (C=O) groups excluding carboxylic acids is 1. The van der Waals surface area contributed by atoms with E-state index in [-0.39, 0.29) is 11.0 Å². The van der Waals surface area contributed by atoms with Crippen LogP contribution in [0.1, 0.15) is 31.0 Å². The summed E-state index contributed by atoms with van der Waals surface area (Å²) in [6, 6.07) is 11.0. The van der Waals surface area contributed by atoms with E-state index < -0.39 is 11.7 Å². The van der Waals surface area contributed by atoms with E-state index in [0.717, 1.165) is 68.9 Å². The van der Waals surface area contributed by atoms with Gasteiger partial charge in [0.25, 0.3) is 0 Å². The number of alkyl halides is 3. The van der Waals surface area contributed by atoms with Gasteiger partial charge in [-0.2, -0.15) is 13.2 Å². The zero-order valence-corrected chi connectivity index (χ0v) is 21.8. The molecule has 2 saturated heterocycles. The van der Waals surface area contributed by atoms with Crippen LogP contribution >= 0.6 is 11.6 Å². The Morgan fingerprint density at radius 2 is 1.82 bits per heavy atom. The number of nitrogens with zero attached hydrogens (tertiary/aromatic N) is 5. The molecule has 0 atom stereocenters. The maximum atomic E-state index is 12.9. The molecule has 0 aliphatic carbocycles. The number of likely N-dealkylation sites (tertiary alicyclic amines) is 1. The maximum Gasteiger partial charge on any atom is 0.417 e. The molecular weight excluding hydrogens is 519 g/mol. The van der Waals surface area contributed by atoms with Crippen molar-refractivity contribution in [2.45, 2.75) is 38.5 Å². The number of para-hydroxylation sites is 1. The van der Waals surface area contributed by atoms with Gasteiger partial charge in [0.05, 0.1) is 16.3 Å². The van der Waals surface area contributed by atoms with Gasteiger partial charge >= 0.3 is 12.1 Å². The van der Waals surface area contributed by atoms with Gasteiger partial charge in [0.2, 0.25) is 0 Å². The van der Waals surface area contributed by atoms with Crippen LogP contribution in [-0.4, -0.2) is 71.0 Å². The molecule has 0 bridgehead atoms. The second kappa shape index (κ2) is 11.0. The Morgan fingerprint density at radius 1 is 1.08 bits per heavy atom. The first kappa shape index (κ1) is 26.6. The number of anilines is 1. The molecule has 0 radical (unpaired) electrons. The molecule has 2 aromatic heterocycles. The predicted molar refractivity (Wildman–Crippen MR) is 139 cm³/mol. The molecule has 0 unspecified atom stereocenters. The van der Waals surface area contributed by atoms with E-state index in [1.54, 1.807) is 6.07 Å². The number of halogens is 4. The highest BCUT2D eigenvalue weighted by Gasteiger charge is 2.33. The number of piperazine rings is 1. The number of esters is 1. The number of piperidine rings is 1. The SMILES string of the molecule is CC(=O)Oc1cccc2ccc(CN3CCC(N4CCN(c5ncc(C(F)(F)F)cc5Cl)CC4)CC3)nc12. The molecule has 0 N–H and O–H groups in total. The molecule has 0 spiro atoms. The van der Waals surface area contributed by atoms with E-state index in [1.165, 1.54) is 6.92 Å². The number of ether oxygens (including phenoxy) is 1. The lowest BCUT2D eigenvalue weighted by Crippen LogP contribution is -2.53. The van der Waals surface area contributed by atoms with Gasteiger partial charge in [-0.15, -0.1) is 0 Å². The zero-order chi connectivity index (χ0) is 26.9. The highest BCUT2D eigenvalue weighted by atomic mass is 35.5. The summed E-state index contributed by atoms with van der Waals surface area (Å²) in [5, 5.41) is 0.960. The highest BCUT2D eigenvalue weighted by molar-refractivity contribution is 6.33. The van der Waals surface area contributed by atoms with Gasteiger partial charge in [-0.1, -0.05) is 29.8 Å². The molecule has 3 aromatic rings. The minimum absolute atomic E-state index is 0.0314. The zero-order valence-electron chi connectivity index (χ0n) is 21.0. The molecular formula is C27H29ClF3N5O2. The van der Waals surface area contributed by atoms with Crippen LogP contribution in [0.15, 0.2) is 42.6 Å². The van der Waals surface area contributed by atoms with Gasteiger partial charge in [0.1, 0.15) is 11.3 Å². The fraction of sp³-hybridized carbons (Fsp3) is 0.444. The molecule has 11 heteroatoms. The second-order valence-corrected chi connectivity index (χ2v) is 10.2. The average molecular weight is 548 g/mol. The Kier molecular flexibility index (Phi) is 7.74. The normalized spacial score (nSPS) is 18.2. The maximum absolute atomic E-state index is 12.9. The summed E-state index contributed by atoms with van der Waals surface area (Å²) < 4.78 is 44.1. The van der Waals surface area contributed by atoms with Crippen molar-refractivity contribution < 1.29 is 22.7 Å². The first-order chi connectivity index (χ1) is 18.2. The number of benzene rings is 1. The summed E-state index contributed by atoms with van der Waals surface area (Å²) in [6.07, 6.45) is -1.54. The molecule has 4 heterocycles. The van der Waals surface area contributed by atoms with Crippen molar-refractivity contribution in [3.8, 4) is 5.75 Å². The van der Waals surface area contributed by atoms with Crippen LogP contribution in [0.25, 0.3) is 10.9 Å². The lowest BCUT2D eigenvalue weighted by molar-refractivity contribution is -0.137. The minimum atomic E-state index is -4.46. The van der Waals surface area contributed by atoms with E-state index >= 15 is 0 Å². The highest BCUT2D eigenvalue weighted by Crippen LogP contribution is 2.34. The van der Waals surface area contributed by atoms with Crippen molar-refractivity contribution in [2.75, 3.05) is 44.2 Å². The van der Waals surface area contributed by atoms with Gasteiger partial charge in [-0.05, 0) is 31.0 Å². The summed E-state index contributed by atoms with van der Waals surface area (Å²) in [5.41, 5.74) is 0.793. The van der Waals surface area contributed by atoms with Crippen LogP contribution in [-0.2, 0) is 17.5 Å². The summed E-state index contributed by atoms with van der Waals surface area (Å²) in [7, 11) is 0. The second-order valence-electron chi connectivity index (χ2n) is 9.78. The van der Waals surface area contributed by atoms with Crippen molar-refractivity contribution in [1.82, 2.24) is 19.8 Å². The van der Waals surface area contributed by atoms with E-state index in [9.17, 15) is 18.0 Å². The molecule has 0 amide bonds. The molecule has 0 saturated carbocycles. The molecule has 38 heavy (non-hydrogen) atoms. The summed E-state index contributed by atoms with van der Waals surface area (Å²) in [4.78, 5) is 27.1. The molecule has 5 rings (SSSR count). The third-order valence-corrected chi connectivity index (χ3v) is 7.49. The van der Waals surface area contributed by atoms with E-state index in [4.69, 9.17) is 21.3 Å². The minimum Gasteiger partial charge on any atom is -0.424 e. The van der Waals surface area contributed by atoms with Crippen LogP contribution in [0.4, 0.5) is 19.0 Å². The number of hydrogen-bond donors (Lipinski definition) is 0. The van der Waals surface area contributed by atoms with E-state index in [2.05, 4.69) is 14.8 Å². The van der Waals surface area contributed by atoms with Crippen LogP contribution < -0.4 is 9.64 Å². The number of hydrogen-bond acceptors (Lipinski definition) is 7. The van der Waals surface area contributed by atoms with Crippen LogP contribution in [0, 0.1) is 0 Å². The summed E-state index contributed by atoms with van der Waals surface area (Å²) in [5.74, 6) is 0.516. The number of fused-ring (bicyclic) bond motifs is 1. The van der Waals surface area contributed by atoms with Gasteiger partial charge in [0, 0.05) is 70.4 Å². The molecule has 1 aromatic carbocycles. The number of carbonyl (C=O) groups is 1. The van der Waals surface area contributed by atoms with E-state index in [1.807, 2.05) is 29.2 Å². The van der Waals surface area contributed by atoms with Gasteiger partial charge in [-0.3, -0.25) is 14.6 Å². The quantitative estimate of drug-likeness (QED) is 0.328. The average Bonchev–Trinajstić information content (AvgIpc) is 2.89. The molecule has 2 aliphatic heterocycles. The monoisotopic (exact) mass is 547 g/mol. The fourth-order valence-corrected chi connectivity index (χ4v) is 5.56. The van der Waals surface area contributed by atoms with Crippen molar-refractivity contribution in [3.05, 3.63) is 58.9 Å². The van der Waals surface area contributed by atoms with Gasteiger partial charge in [0.15, 0.2) is 5.75 Å². The lowest BCUT2D eigenvalue weighted by atomic mass is 10.0. The third kappa shape index (κ3) is 6.03. The Bertz CT molecular complexity index is 1310. The topological polar surface area (TPSA) is 61.8 Å². The van der Waals surface area contributed by atoms with E-state index in [0.29, 0.717) is 36.2 Å². The largest absolute Gasteiger partial charge is 0.424 e. The standard InChI is InChI=1S/C27H29ClF3N5O2/c1-18(37)38-24-4-2-3-19-5-6-21(33-25(19)24)17-34-9-7-22(8-10-34)35-11-13-36(14-12-35)26-23(28)15-20(16-32-26)27(29,30)31/h2-6,15-16,22H,7-14,17H2,1H3. The predicted octanol–water partition coefficient (Wildman–Crippen LogP) is 5.01. The number of pyridine rings is 2. The third-order valence-electron chi connectivity index (χ3n) is 7.22. The summed E-state index contributed by atoms with van der Waals surface area (Å²) in [6.45, 7) is 6.97. The first-order valence-electron chi connectivity index (χ1n) is 12.7. The molecule has 7 nitrogen and oxygen atoms in total. The number of aromatic nitrogens is 2. The van der Waals surface area contributed by atoms with Crippen molar-refractivity contribution >= 4 is 34.3 Å². The Balaban J connectivity index is 1.14. The Hall–Kier alpha value is -2.95. The Morgan fingerprint density at radius 3 is 2.47 bits per heavy atom. The fourth-order valence-electron chi connectivity index (χ4n) is 5.27. The van der Waals surface area contributed by atoms with Gasteiger partial charge < -0.3 is 9.64 Å². The summed E-state index contributed by atoms with van der Waals surface area (Å²) >= 11 is 6.15. The first-order valence-corrected chi connectivity index (χ1v) is 13.1. The van der Waals surface area contributed by atoms with Crippen molar-refractivity contribution in [2.24, 2.45) is 0 Å². The van der Waals surface area contributed by atoms with Gasteiger partial charge in [-0.25, -0.2) is 9.97 Å². The van der Waals surface area contributed by atoms with Crippen molar-refractivity contribution in [1.29, 1.82) is 0 Å². The van der Waals surface area contributed by atoms with Crippen molar-refractivity contribution in [3.63, 3.8) is 0 Å². The lowest BCUT2D eigenvalue weighted by Gasteiger charge is -2.43. The molecule has 2 fully saturated rings. The Labute approximate surface area is 224 Å². The molecule has 202 valence electrons. The van der Waals surface area contributed by atoms with Crippen LogP contribution in [0.2, 0.25) is 5.02 Å². The molecule has 2 aliphatic rings. The van der Waals surface area contributed by atoms with Crippen LogP contribution in [0.5, 0.6) is 5.75 Å².